The lowest BCUT2D eigenvalue weighted by Crippen LogP contribution is -1.96. The predicted octanol–water partition coefficient (Wildman–Crippen LogP) is 0.892. The number of tetrazole rings is 1. The number of rotatable bonds is 1. The van der Waals surface area contributed by atoms with Crippen molar-refractivity contribution in [2.75, 3.05) is 0 Å². The molecule has 16 heavy (non-hydrogen) atoms. The van der Waals surface area contributed by atoms with E-state index in [-0.39, 0.29) is 5.75 Å². The van der Waals surface area contributed by atoms with E-state index in [0.29, 0.717) is 11.3 Å². The highest BCUT2D eigenvalue weighted by atomic mass is 16.3. The molecule has 0 aliphatic carbocycles. The van der Waals surface area contributed by atoms with E-state index in [9.17, 15) is 5.11 Å². The fourth-order valence-corrected chi connectivity index (χ4v) is 1.49. The monoisotopic (exact) mass is 213 g/mol. The molecule has 0 aliphatic rings. The Balaban J connectivity index is 2.27. The van der Waals surface area contributed by atoms with Crippen LogP contribution in [0.1, 0.15) is 0 Å². The van der Waals surface area contributed by atoms with Crippen LogP contribution < -0.4 is 0 Å². The van der Waals surface area contributed by atoms with Gasteiger partial charge in [-0.25, -0.2) is 0 Å². The molecule has 78 valence electrons. The molecule has 6 nitrogen and oxygen atoms in total. The summed E-state index contributed by atoms with van der Waals surface area (Å²) >= 11 is 0. The van der Waals surface area contributed by atoms with Crippen molar-refractivity contribution in [3.05, 3.63) is 36.4 Å². The van der Waals surface area contributed by atoms with E-state index in [1.807, 2.05) is 30.3 Å². The molecule has 2 heterocycles. The molecule has 0 bridgehead atoms. The minimum atomic E-state index is 0.0634. The van der Waals surface area contributed by atoms with Gasteiger partial charge in [0.25, 0.3) is 0 Å². The molecule has 2 aromatic heterocycles. The van der Waals surface area contributed by atoms with Crippen LogP contribution in [0.15, 0.2) is 36.4 Å². The van der Waals surface area contributed by atoms with Crippen molar-refractivity contribution in [1.82, 2.24) is 25.3 Å². The second-order valence-corrected chi connectivity index (χ2v) is 3.27. The van der Waals surface area contributed by atoms with E-state index >= 15 is 0 Å². The molecule has 3 aromatic rings. The molecule has 3 rings (SSSR count). The molecule has 0 unspecified atom stereocenters. The topological polar surface area (TPSA) is 76.2 Å². The number of benzene rings is 1. The average molecular weight is 213 g/mol. The number of fused-ring (bicyclic) bond motifs is 1. The normalized spacial score (nSPS) is 10.8. The van der Waals surface area contributed by atoms with Crippen molar-refractivity contribution in [2.24, 2.45) is 0 Å². The summed E-state index contributed by atoms with van der Waals surface area (Å²) in [6.07, 6.45) is 0. The van der Waals surface area contributed by atoms with Crippen LogP contribution in [-0.2, 0) is 0 Å². The zero-order valence-corrected chi connectivity index (χ0v) is 8.15. The minimum Gasteiger partial charge on any atom is -0.505 e. The summed E-state index contributed by atoms with van der Waals surface area (Å²) in [4.78, 5) is 0. The quantitative estimate of drug-likeness (QED) is 0.649. The fourth-order valence-electron chi connectivity index (χ4n) is 1.49. The predicted molar refractivity (Wildman–Crippen MR) is 55.7 cm³/mol. The number of nitrogens with zero attached hydrogens (tertiary/aromatic N) is 5. The van der Waals surface area contributed by atoms with Crippen LogP contribution >= 0.6 is 0 Å². The van der Waals surface area contributed by atoms with Crippen LogP contribution in [0.25, 0.3) is 16.9 Å². The average Bonchev–Trinajstić information content (AvgIpc) is 2.76. The first-order valence-corrected chi connectivity index (χ1v) is 4.68. The maximum atomic E-state index is 9.81. The van der Waals surface area contributed by atoms with Gasteiger partial charge in [-0.3, -0.25) is 0 Å². The molecule has 0 atom stereocenters. The summed E-state index contributed by atoms with van der Waals surface area (Å²) < 4.78 is 1.28. The van der Waals surface area contributed by atoms with Gasteiger partial charge in [0.05, 0.1) is 0 Å². The third kappa shape index (κ3) is 1.28. The molecule has 0 amide bonds. The molecule has 0 fully saturated rings. The molecular weight excluding hydrogens is 206 g/mol. The SMILES string of the molecule is Oc1cc2nnnn2nc1-c1ccccc1. The molecule has 0 saturated heterocycles. The van der Waals surface area contributed by atoms with E-state index in [0.717, 1.165) is 5.56 Å². The number of hydrogen-bond acceptors (Lipinski definition) is 5. The van der Waals surface area contributed by atoms with Gasteiger partial charge in [-0.15, -0.1) is 14.8 Å². The van der Waals surface area contributed by atoms with Crippen LogP contribution in [0.3, 0.4) is 0 Å². The second kappa shape index (κ2) is 3.27. The Kier molecular flexibility index (Phi) is 1.79. The maximum absolute atomic E-state index is 9.81. The summed E-state index contributed by atoms with van der Waals surface area (Å²) in [6, 6.07) is 10.8. The number of aromatic nitrogens is 5. The molecule has 1 N–H and O–H groups in total. The Morgan fingerprint density at radius 1 is 1.12 bits per heavy atom. The zero-order valence-electron chi connectivity index (χ0n) is 8.15. The third-order valence-electron chi connectivity index (χ3n) is 2.23. The summed E-state index contributed by atoms with van der Waals surface area (Å²) in [5.41, 5.74) is 1.69. The smallest absolute Gasteiger partial charge is 0.203 e. The van der Waals surface area contributed by atoms with Gasteiger partial charge in [-0.05, 0) is 10.4 Å². The number of hydrogen-bond donors (Lipinski definition) is 1. The van der Waals surface area contributed by atoms with Crippen LogP contribution in [0.2, 0.25) is 0 Å². The summed E-state index contributed by atoms with van der Waals surface area (Å²) in [6.45, 7) is 0. The summed E-state index contributed by atoms with van der Waals surface area (Å²) in [5, 5.41) is 24.8. The third-order valence-corrected chi connectivity index (χ3v) is 2.23. The van der Waals surface area contributed by atoms with Crippen LogP contribution in [0.4, 0.5) is 0 Å². The lowest BCUT2D eigenvalue weighted by Gasteiger charge is -2.02. The molecule has 0 aliphatic heterocycles. The van der Waals surface area contributed by atoms with E-state index in [1.165, 1.54) is 10.7 Å². The van der Waals surface area contributed by atoms with Crippen molar-refractivity contribution in [2.45, 2.75) is 0 Å². The highest BCUT2D eigenvalue weighted by molar-refractivity contribution is 5.67. The van der Waals surface area contributed by atoms with Gasteiger partial charge in [0.1, 0.15) is 11.4 Å². The van der Waals surface area contributed by atoms with Gasteiger partial charge < -0.3 is 5.11 Å². The zero-order chi connectivity index (χ0) is 11.0. The van der Waals surface area contributed by atoms with Gasteiger partial charge in [0.2, 0.25) is 5.65 Å². The van der Waals surface area contributed by atoms with E-state index in [1.54, 1.807) is 0 Å². The Morgan fingerprint density at radius 3 is 2.75 bits per heavy atom. The van der Waals surface area contributed by atoms with Crippen LogP contribution in [-0.4, -0.2) is 30.4 Å². The molecule has 1 aromatic carbocycles. The largest absolute Gasteiger partial charge is 0.505 e. The highest BCUT2D eigenvalue weighted by Crippen LogP contribution is 2.26. The van der Waals surface area contributed by atoms with E-state index < -0.39 is 0 Å². The van der Waals surface area contributed by atoms with E-state index in [2.05, 4.69) is 20.6 Å². The van der Waals surface area contributed by atoms with Crippen LogP contribution in [0.5, 0.6) is 5.75 Å². The Morgan fingerprint density at radius 2 is 1.94 bits per heavy atom. The first-order chi connectivity index (χ1) is 7.84. The molecule has 0 spiro atoms. The van der Waals surface area contributed by atoms with Crippen LogP contribution in [0, 0.1) is 0 Å². The van der Waals surface area contributed by atoms with Crippen molar-refractivity contribution in [1.29, 1.82) is 0 Å². The maximum Gasteiger partial charge on any atom is 0.203 e. The standard InChI is InChI=1S/C10H7N5O/c16-8-6-9-11-13-14-15(9)12-10(8)7-4-2-1-3-5-7/h1-6,16H. The van der Waals surface area contributed by atoms with Crippen molar-refractivity contribution in [3.8, 4) is 17.0 Å². The Bertz CT molecular complexity index is 634. The molecular formula is C10H7N5O. The van der Waals surface area contributed by atoms with Gasteiger partial charge in [0, 0.05) is 11.6 Å². The Hall–Kier alpha value is -2.50. The van der Waals surface area contributed by atoms with Gasteiger partial charge in [0.15, 0.2) is 0 Å². The first-order valence-electron chi connectivity index (χ1n) is 4.68. The van der Waals surface area contributed by atoms with Crippen molar-refractivity contribution >= 4 is 5.65 Å². The number of aromatic hydroxyl groups is 1. The van der Waals surface area contributed by atoms with Crippen molar-refractivity contribution in [3.63, 3.8) is 0 Å². The fraction of sp³-hybridized carbons (Fsp3) is 0. The lowest BCUT2D eigenvalue weighted by molar-refractivity contribution is 0.472. The van der Waals surface area contributed by atoms with E-state index in [4.69, 9.17) is 0 Å². The first kappa shape index (κ1) is 8.78. The van der Waals surface area contributed by atoms with Crippen molar-refractivity contribution < 1.29 is 5.11 Å². The minimum absolute atomic E-state index is 0.0634. The lowest BCUT2D eigenvalue weighted by atomic mass is 10.1. The second-order valence-electron chi connectivity index (χ2n) is 3.27. The van der Waals surface area contributed by atoms with Gasteiger partial charge in [-0.1, -0.05) is 30.3 Å². The highest BCUT2D eigenvalue weighted by Gasteiger charge is 2.09. The summed E-state index contributed by atoms with van der Waals surface area (Å²) in [7, 11) is 0. The molecule has 0 saturated carbocycles. The Labute approximate surface area is 90.2 Å². The molecule has 6 heteroatoms. The summed E-state index contributed by atoms with van der Waals surface area (Å²) in [5.74, 6) is 0.0634. The van der Waals surface area contributed by atoms with Gasteiger partial charge >= 0.3 is 0 Å². The molecule has 0 radical (unpaired) electrons. The van der Waals surface area contributed by atoms with Gasteiger partial charge in [-0.2, -0.15) is 0 Å².